The van der Waals surface area contributed by atoms with Crippen LogP contribution in [0.4, 0.5) is 0 Å². The Labute approximate surface area is 74.9 Å². The molecule has 1 saturated carbocycles. The smallest absolute Gasteiger partial charge is 0.136 e. The van der Waals surface area contributed by atoms with Gasteiger partial charge >= 0.3 is 0 Å². The summed E-state index contributed by atoms with van der Waals surface area (Å²) in [6.45, 7) is 4.31. The molecule has 0 saturated heterocycles. The SMILES string of the molecule is CC/C=C/CC1C(=O)CCC1C. The largest absolute Gasteiger partial charge is 0.299 e. The molecule has 1 heteroatoms. The first kappa shape index (κ1) is 9.50. The van der Waals surface area contributed by atoms with Crippen molar-refractivity contribution in [2.45, 2.75) is 39.5 Å². The zero-order valence-corrected chi connectivity index (χ0v) is 8.05. The van der Waals surface area contributed by atoms with Crippen LogP contribution in [0.1, 0.15) is 39.5 Å². The zero-order valence-electron chi connectivity index (χ0n) is 8.05. The molecule has 2 atom stereocenters. The molecule has 0 aromatic rings. The van der Waals surface area contributed by atoms with Gasteiger partial charge in [0.2, 0.25) is 0 Å². The average molecular weight is 166 g/mol. The van der Waals surface area contributed by atoms with Crippen LogP contribution in [0, 0.1) is 11.8 Å². The third-order valence-corrected chi connectivity index (χ3v) is 2.74. The Morgan fingerprint density at radius 2 is 2.25 bits per heavy atom. The molecule has 1 nitrogen and oxygen atoms in total. The molecule has 1 aliphatic rings. The molecule has 0 N–H and O–H groups in total. The van der Waals surface area contributed by atoms with Crippen LogP contribution in [0.2, 0.25) is 0 Å². The van der Waals surface area contributed by atoms with E-state index in [4.69, 9.17) is 0 Å². The van der Waals surface area contributed by atoms with Crippen LogP contribution in [0.5, 0.6) is 0 Å². The summed E-state index contributed by atoms with van der Waals surface area (Å²) >= 11 is 0. The van der Waals surface area contributed by atoms with Crippen molar-refractivity contribution in [2.75, 3.05) is 0 Å². The Morgan fingerprint density at radius 3 is 2.75 bits per heavy atom. The number of hydrogen-bond acceptors (Lipinski definition) is 1. The summed E-state index contributed by atoms with van der Waals surface area (Å²) in [6, 6.07) is 0. The summed E-state index contributed by atoms with van der Waals surface area (Å²) < 4.78 is 0. The van der Waals surface area contributed by atoms with Gasteiger partial charge in [-0.2, -0.15) is 0 Å². The number of rotatable bonds is 3. The van der Waals surface area contributed by atoms with Gasteiger partial charge in [0.1, 0.15) is 5.78 Å². The molecule has 1 aliphatic carbocycles. The van der Waals surface area contributed by atoms with Crippen LogP contribution in [-0.2, 0) is 4.79 Å². The molecule has 1 fully saturated rings. The lowest BCUT2D eigenvalue weighted by Crippen LogP contribution is -2.10. The highest BCUT2D eigenvalue weighted by Gasteiger charge is 2.29. The molecule has 68 valence electrons. The number of Topliss-reactive ketones (excluding diaryl/α,β-unsaturated/α-hetero) is 1. The van der Waals surface area contributed by atoms with Gasteiger partial charge in [0.25, 0.3) is 0 Å². The van der Waals surface area contributed by atoms with Gasteiger partial charge in [-0.15, -0.1) is 0 Å². The van der Waals surface area contributed by atoms with Crippen molar-refractivity contribution in [3.05, 3.63) is 12.2 Å². The maximum absolute atomic E-state index is 11.3. The highest BCUT2D eigenvalue weighted by molar-refractivity contribution is 5.83. The minimum atomic E-state index is 0.327. The summed E-state index contributed by atoms with van der Waals surface area (Å²) in [7, 11) is 0. The molecule has 0 aromatic heterocycles. The predicted octanol–water partition coefficient (Wildman–Crippen LogP) is 2.96. The molecular weight excluding hydrogens is 148 g/mol. The van der Waals surface area contributed by atoms with Crippen molar-refractivity contribution in [1.29, 1.82) is 0 Å². The van der Waals surface area contributed by atoms with E-state index in [1.54, 1.807) is 0 Å². The highest BCUT2D eigenvalue weighted by atomic mass is 16.1. The van der Waals surface area contributed by atoms with Crippen LogP contribution < -0.4 is 0 Å². The zero-order chi connectivity index (χ0) is 8.97. The van der Waals surface area contributed by atoms with Crippen molar-refractivity contribution >= 4 is 5.78 Å². The normalized spacial score (nSPS) is 30.3. The van der Waals surface area contributed by atoms with Gasteiger partial charge in [0, 0.05) is 12.3 Å². The highest BCUT2D eigenvalue weighted by Crippen LogP contribution is 2.30. The molecule has 2 unspecified atom stereocenters. The number of carbonyl (C=O) groups is 1. The molecule has 12 heavy (non-hydrogen) atoms. The predicted molar refractivity (Wildman–Crippen MR) is 50.9 cm³/mol. The lowest BCUT2D eigenvalue weighted by atomic mass is 9.94. The van der Waals surface area contributed by atoms with Gasteiger partial charge in [0.15, 0.2) is 0 Å². The number of ketones is 1. The first-order valence-electron chi connectivity index (χ1n) is 4.93. The minimum Gasteiger partial charge on any atom is -0.299 e. The molecule has 0 amide bonds. The number of hydrogen-bond donors (Lipinski definition) is 0. The van der Waals surface area contributed by atoms with Gasteiger partial charge in [-0.05, 0) is 25.2 Å². The third-order valence-electron chi connectivity index (χ3n) is 2.74. The second-order valence-corrected chi connectivity index (χ2v) is 3.70. The summed E-state index contributed by atoms with van der Waals surface area (Å²) in [5.41, 5.74) is 0. The summed E-state index contributed by atoms with van der Waals surface area (Å²) in [5, 5.41) is 0. The fraction of sp³-hybridized carbons (Fsp3) is 0.727. The van der Waals surface area contributed by atoms with E-state index in [2.05, 4.69) is 26.0 Å². The van der Waals surface area contributed by atoms with Crippen molar-refractivity contribution in [3.8, 4) is 0 Å². The van der Waals surface area contributed by atoms with Crippen LogP contribution in [-0.4, -0.2) is 5.78 Å². The van der Waals surface area contributed by atoms with Crippen LogP contribution in [0.25, 0.3) is 0 Å². The van der Waals surface area contributed by atoms with Gasteiger partial charge in [-0.1, -0.05) is 26.0 Å². The average Bonchev–Trinajstić information content (AvgIpc) is 2.35. The van der Waals surface area contributed by atoms with E-state index in [0.29, 0.717) is 17.6 Å². The Bertz CT molecular complexity index is 181. The summed E-state index contributed by atoms with van der Waals surface area (Å²) in [6.07, 6.45) is 8.26. The van der Waals surface area contributed by atoms with Crippen molar-refractivity contribution in [3.63, 3.8) is 0 Å². The molecule has 0 heterocycles. The molecular formula is C11H18O. The first-order valence-corrected chi connectivity index (χ1v) is 4.93. The van der Waals surface area contributed by atoms with Crippen LogP contribution >= 0.6 is 0 Å². The second kappa shape index (κ2) is 4.44. The van der Waals surface area contributed by atoms with Gasteiger partial charge in [-0.3, -0.25) is 4.79 Å². The minimum absolute atomic E-state index is 0.327. The standard InChI is InChI=1S/C11H18O/c1-3-4-5-6-10-9(2)7-8-11(10)12/h4-5,9-10H,3,6-8H2,1-2H3/b5-4+. The van der Waals surface area contributed by atoms with Crippen LogP contribution in [0.3, 0.4) is 0 Å². The lowest BCUT2D eigenvalue weighted by Gasteiger charge is -2.10. The van der Waals surface area contributed by atoms with Gasteiger partial charge < -0.3 is 0 Å². The van der Waals surface area contributed by atoms with Crippen molar-refractivity contribution < 1.29 is 4.79 Å². The Kier molecular flexibility index (Phi) is 3.51. The first-order chi connectivity index (χ1) is 5.75. The number of carbonyl (C=O) groups excluding carboxylic acids is 1. The lowest BCUT2D eigenvalue weighted by molar-refractivity contribution is -0.121. The Morgan fingerprint density at radius 1 is 1.50 bits per heavy atom. The van der Waals surface area contributed by atoms with E-state index in [1.807, 2.05) is 0 Å². The Hall–Kier alpha value is -0.590. The van der Waals surface area contributed by atoms with E-state index in [0.717, 1.165) is 25.7 Å². The van der Waals surface area contributed by atoms with Gasteiger partial charge in [0.05, 0.1) is 0 Å². The quantitative estimate of drug-likeness (QED) is 0.589. The van der Waals surface area contributed by atoms with Crippen LogP contribution in [0.15, 0.2) is 12.2 Å². The number of allylic oxidation sites excluding steroid dienone is 2. The molecule has 0 bridgehead atoms. The van der Waals surface area contributed by atoms with E-state index < -0.39 is 0 Å². The van der Waals surface area contributed by atoms with E-state index in [-0.39, 0.29) is 0 Å². The summed E-state index contributed by atoms with van der Waals surface area (Å²) in [5.74, 6) is 1.41. The fourth-order valence-corrected chi connectivity index (χ4v) is 1.85. The fourth-order valence-electron chi connectivity index (χ4n) is 1.85. The topological polar surface area (TPSA) is 17.1 Å². The van der Waals surface area contributed by atoms with Gasteiger partial charge in [-0.25, -0.2) is 0 Å². The molecule has 0 aliphatic heterocycles. The molecule has 1 rings (SSSR count). The maximum atomic E-state index is 11.3. The monoisotopic (exact) mass is 166 g/mol. The Balaban J connectivity index is 2.39. The second-order valence-electron chi connectivity index (χ2n) is 3.70. The van der Waals surface area contributed by atoms with Crippen molar-refractivity contribution in [2.24, 2.45) is 11.8 Å². The molecule has 0 aromatic carbocycles. The van der Waals surface area contributed by atoms with E-state index >= 15 is 0 Å². The van der Waals surface area contributed by atoms with E-state index in [9.17, 15) is 4.79 Å². The van der Waals surface area contributed by atoms with E-state index in [1.165, 1.54) is 0 Å². The molecule has 0 radical (unpaired) electrons. The van der Waals surface area contributed by atoms with Crippen molar-refractivity contribution in [1.82, 2.24) is 0 Å². The maximum Gasteiger partial charge on any atom is 0.136 e. The summed E-state index contributed by atoms with van der Waals surface area (Å²) in [4.78, 5) is 11.3. The molecule has 0 spiro atoms. The third kappa shape index (κ3) is 2.20.